The first-order valence-corrected chi connectivity index (χ1v) is 13.9. The fraction of sp³-hybridized carbons (Fsp3) is 0.586. The van der Waals surface area contributed by atoms with E-state index in [1.807, 2.05) is 31.2 Å². The number of benzene rings is 1. The van der Waals surface area contributed by atoms with E-state index in [0.29, 0.717) is 0 Å². The predicted molar refractivity (Wildman–Crippen MR) is 146 cm³/mol. The first-order chi connectivity index (χ1) is 19.5. The van der Waals surface area contributed by atoms with Crippen molar-refractivity contribution in [1.82, 2.24) is 0 Å². The second-order valence-corrected chi connectivity index (χ2v) is 10.1. The van der Waals surface area contributed by atoms with Crippen LogP contribution in [0.25, 0.3) is 5.57 Å². The molecule has 1 aromatic rings. The number of ether oxygens (including phenoxy) is 4. The summed E-state index contributed by atoms with van der Waals surface area (Å²) in [6.45, 7) is 3.49. The van der Waals surface area contributed by atoms with Gasteiger partial charge in [0.2, 0.25) is 0 Å². The van der Waals surface area contributed by atoms with Gasteiger partial charge in [-0.1, -0.05) is 69.7 Å². The third-order valence-corrected chi connectivity index (χ3v) is 7.06. The van der Waals surface area contributed by atoms with Crippen LogP contribution in [-0.2, 0) is 18.9 Å². The maximum atomic E-state index is 11.8. The van der Waals surface area contributed by atoms with Crippen LogP contribution in [0, 0.1) is 6.92 Å². The Hall–Kier alpha value is -3.96. The largest absolute Gasteiger partial charge is 0.506 e. The lowest BCUT2D eigenvalue weighted by Crippen LogP contribution is -2.39. The number of hydrogen-bond acceptors (Lipinski definition) is 8. The second-order valence-electron chi connectivity index (χ2n) is 10.1. The van der Waals surface area contributed by atoms with Crippen LogP contribution < -0.4 is 0 Å². The van der Waals surface area contributed by atoms with E-state index in [1.54, 1.807) is 0 Å². The topological polar surface area (TPSA) is 186 Å². The molecule has 0 saturated heterocycles. The molecule has 1 aliphatic carbocycles. The van der Waals surface area contributed by atoms with Gasteiger partial charge in [-0.2, -0.15) is 0 Å². The summed E-state index contributed by atoms with van der Waals surface area (Å²) in [5.74, 6) is -0.668. The summed E-state index contributed by atoms with van der Waals surface area (Å²) < 4.78 is 19.4. The van der Waals surface area contributed by atoms with Crippen LogP contribution in [0.5, 0.6) is 0 Å². The van der Waals surface area contributed by atoms with Crippen molar-refractivity contribution in [3.05, 3.63) is 41.0 Å². The molecule has 1 aliphatic rings. The van der Waals surface area contributed by atoms with Crippen molar-refractivity contribution in [2.45, 2.75) is 102 Å². The van der Waals surface area contributed by atoms with Crippen LogP contribution in [0.15, 0.2) is 24.3 Å². The quantitative estimate of drug-likeness (QED) is 0.0773. The van der Waals surface area contributed by atoms with Crippen LogP contribution in [-0.4, -0.2) is 70.0 Å². The summed E-state index contributed by atoms with van der Waals surface area (Å²) >= 11 is 0. The molecule has 0 fully saturated rings. The van der Waals surface area contributed by atoms with Gasteiger partial charge < -0.3 is 39.4 Å². The molecule has 0 radical (unpaired) electrons. The first-order valence-electron chi connectivity index (χ1n) is 13.9. The highest BCUT2D eigenvalue weighted by atomic mass is 16.7. The maximum Gasteiger partial charge on any atom is 0.506 e. The van der Waals surface area contributed by atoms with E-state index in [1.165, 1.54) is 25.7 Å². The van der Waals surface area contributed by atoms with Crippen molar-refractivity contribution < 1.29 is 58.6 Å². The van der Waals surface area contributed by atoms with Gasteiger partial charge in [-0.05, 0) is 54.9 Å². The molecule has 4 atom stereocenters. The number of hydrogen-bond donors (Lipinski definition) is 4. The van der Waals surface area contributed by atoms with Gasteiger partial charge >= 0.3 is 24.6 Å². The summed E-state index contributed by atoms with van der Waals surface area (Å²) in [6, 6.07) is 5.62. The molecule has 41 heavy (non-hydrogen) atoms. The molecule has 228 valence electrons. The molecule has 0 aliphatic heterocycles. The van der Waals surface area contributed by atoms with Gasteiger partial charge in [0.05, 0.1) is 0 Å². The van der Waals surface area contributed by atoms with Crippen molar-refractivity contribution in [3.63, 3.8) is 0 Å². The van der Waals surface area contributed by atoms with E-state index >= 15 is 0 Å². The molecule has 1 aromatic carbocycles. The van der Waals surface area contributed by atoms with Crippen molar-refractivity contribution in [1.29, 1.82) is 0 Å². The van der Waals surface area contributed by atoms with E-state index in [9.17, 15) is 29.4 Å². The van der Waals surface area contributed by atoms with Crippen LogP contribution in [0.3, 0.4) is 0 Å². The van der Waals surface area contributed by atoms with E-state index in [2.05, 4.69) is 16.4 Å². The Balaban J connectivity index is 2.31. The molecule has 0 amide bonds. The average molecular weight is 581 g/mol. The highest BCUT2D eigenvalue weighted by Crippen LogP contribution is 2.44. The van der Waals surface area contributed by atoms with Crippen molar-refractivity contribution in [3.8, 4) is 0 Å². The molecule has 4 unspecified atom stereocenters. The Morgan fingerprint density at radius 1 is 0.805 bits per heavy atom. The third kappa shape index (κ3) is 11.2. The van der Waals surface area contributed by atoms with Crippen molar-refractivity contribution in [2.24, 2.45) is 0 Å². The van der Waals surface area contributed by atoms with Crippen LogP contribution in [0.4, 0.5) is 19.2 Å². The van der Waals surface area contributed by atoms with Gasteiger partial charge in [-0.3, -0.25) is 0 Å². The van der Waals surface area contributed by atoms with Gasteiger partial charge in [0, 0.05) is 5.92 Å². The van der Waals surface area contributed by atoms with E-state index in [-0.39, 0.29) is 12.8 Å². The zero-order valence-electron chi connectivity index (χ0n) is 23.5. The van der Waals surface area contributed by atoms with E-state index < -0.39 is 55.5 Å². The van der Waals surface area contributed by atoms with Gasteiger partial charge in [0.15, 0.2) is 6.10 Å². The number of carbonyl (C=O) groups is 4. The monoisotopic (exact) mass is 580 g/mol. The Morgan fingerprint density at radius 3 is 2.05 bits per heavy atom. The average Bonchev–Trinajstić information content (AvgIpc) is 3.26. The number of fused-ring (bicyclic) bond motifs is 1. The normalized spacial score (nSPS) is 16.0. The number of unbranched alkanes of at least 4 members (excludes halogenated alkanes) is 6. The Kier molecular flexibility index (Phi) is 13.8. The van der Waals surface area contributed by atoms with E-state index in [4.69, 9.17) is 19.7 Å². The summed E-state index contributed by atoms with van der Waals surface area (Å²) in [5, 5.41) is 36.8. The van der Waals surface area contributed by atoms with E-state index in [0.717, 1.165) is 47.9 Å². The number of rotatable bonds is 18. The van der Waals surface area contributed by atoms with Crippen LogP contribution in [0.1, 0.15) is 93.7 Å². The van der Waals surface area contributed by atoms with Crippen molar-refractivity contribution in [2.75, 3.05) is 6.61 Å². The number of aryl methyl sites for hydroxylation is 1. The summed E-state index contributed by atoms with van der Waals surface area (Å²) in [6.07, 6.45) is -0.477. The Bertz CT molecular complexity index is 1070. The highest BCUT2D eigenvalue weighted by Gasteiger charge is 2.40. The van der Waals surface area contributed by atoms with Gasteiger partial charge in [-0.15, -0.1) is 0 Å². The molecular weight excluding hydrogens is 540 g/mol. The van der Waals surface area contributed by atoms with Gasteiger partial charge in [0.25, 0.3) is 0 Å². The fourth-order valence-corrected chi connectivity index (χ4v) is 5.30. The second kappa shape index (κ2) is 17.0. The smallest absolute Gasteiger partial charge is 0.450 e. The maximum absolute atomic E-state index is 11.8. The predicted octanol–water partition coefficient (Wildman–Crippen LogP) is 7.28. The lowest BCUT2D eigenvalue weighted by molar-refractivity contribution is -0.0563. The zero-order valence-corrected chi connectivity index (χ0v) is 23.5. The summed E-state index contributed by atoms with van der Waals surface area (Å²) in [5.41, 5.74) is 3.76. The standard InChI is InChI=1S/C29H40O12/c1-3-4-5-6-7-8-9-12-19-16-22(21-13-10-11-18(2)24(19)21)25(41-29(36)37)23(40-28(34)35)15-14-20(39-27(32)33)17-38-26(30)31/h10-11,13,16,20,22-23,25H,3-9,12,14-15,17H2,1-2H3,(H,30,31)(H,32,33)(H,34,35)(H,36,37). The molecule has 2 rings (SSSR count). The third-order valence-electron chi connectivity index (χ3n) is 7.06. The van der Waals surface area contributed by atoms with Crippen LogP contribution in [0.2, 0.25) is 0 Å². The summed E-state index contributed by atoms with van der Waals surface area (Å²) in [4.78, 5) is 45.2. The van der Waals surface area contributed by atoms with Gasteiger partial charge in [-0.25, -0.2) is 19.2 Å². The van der Waals surface area contributed by atoms with Crippen molar-refractivity contribution >= 4 is 30.2 Å². The molecule has 4 N–H and O–H groups in total. The molecule has 12 heteroatoms. The van der Waals surface area contributed by atoms with Crippen LogP contribution >= 0.6 is 0 Å². The minimum Gasteiger partial charge on any atom is -0.450 e. The molecule has 0 aromatic heterocycles. The fourth-order valence-electron chi connectivity index (χ4n) is 5.30. The minimum absolute atomic E-state index is 0.223. The molecule has 0 spiro atoms. The molecule has 0 saturated carbocycles. The molecule has 0 bridgehead atoms. The molecule has 12 nitrogen and oxygen atoms in total. The minimum atomic E-state index is -1.68. The molecular formula is C29H40O12. The Labute approximate surface area is 238 Å². The lowest BCUT2D eigenvalue weighted by atomic mass is 9.88. The number of allylic oxidation sites excluding steroid dienone is 1. The number of carboxylic acid groups (broad SMARTS) is 4. The highest BCUT2D eigenvalue weighted by molar-refractivity contribution is 5.77. The Morgan fingerprint density at radius 2 is 1.44 bits per heavy atom. The summed E-state index contributed by atoms with van der Waals surface area (Å²) in [7, 11) is 0. The lowest BCUT2D eigenvalue weighted by Gasteiger charge is -2.30. The van der Waals surface area contributed by atoms with Gasteiger partial charge in [0.1, 0.15) is 18.8 Å². The first kappa shape index (κ1) is 33.2. The SMILES string of the molecule is CCCCCCCCCC1=CC(C(OC(=O)O)C(CCC(COC(=O)O)OC(=O)O)OC(=O)O)c2cccc(C)c21. The molecule has 0 heterocycles. The zero-order chi connectivity index (χ0) is 30.4.